The van der Waals surface area contributed by atoms with Crippen molar-refractivity contribution in [1.82, 2.24) is 4.90 Å². The van der Waals surface area contributed by atoms with Crippen molar-refractivity contribution in [2.75, 3.05) is 85.7 Å². The molecule has 0 radical (unpaired) electrons. The van der Waals surface area contributed by atoms with E-state index in [0.717, 1.165) is 12.2 Å². The van der Waals surface area contributed by atoms with Crippen LogP contribution in [0.2, 0.25) is 0 Å². The van der Waals surface area contributed by atoms with E-state index >= 15 is 0 Å². The lowest BCUT2D eigenvalue weighted by molar-refractivity contribution is -0.144. The normalized spacial score (nSPS) is 11.6. The molecule has 0 fully saturated rings. The second-order valence-electron chi connectivity index (χ2n) is 7.71. The molecule has 0 rings (SSSR count). The number of ether oxygens (including phenoxy) is 6. The molecule has 0 aromatic carbocycles. The molecule has 1 unspecified atom stereocenters. The first kappa shape index (κ1) is 34.6. The van der Waals surface area contributed by atoms with Crippen molar-refractivity contribution in [3.8, 4) is 0 Å². The molecule has 0 saturated heterocycles. The smallest absolute Gasteiger partial charge is 0.330 e. The third kappa shape index (κ3) is 22.6. The van der Waals surface area contributed by atoms with Crippen LogP contribution in [0.3, 0.4) is 0 Å². The maximum absolute atomic E-state index is 11.9. The minimum Gasteiger partial charge on any atom is -0.466 e. The second kappa shape index (κ2) is 25.3. The Morgan fingerprint density at radius 1 is 0.703 bits per heavy atom. The van der Waals surface area contributed by atoms with Gasteiger partial charge >= 0.3 is 17.9 Å². The number of esters is 3. The molecule has 0 heterocycles. The zero-order valence-corrected chi connectivity index (χ0v) is 21.7. The Kier molecular flexibility index (Phi) is 23.7. The predicted molar refractivity (Wildman–Crippen MR) is 134 cm³/mol. The summed E-state index contributed by atoms with van der Waals surface area (Å²) in [5.74, 6) is -1.33. The molecule has 0 aliphatic heterocycles. The fraction of sp³-hybridized carbons (Fsp3) is 0.720. The summed E-state index contributed by atoms with van der Waals surface area (Å²) in [5, 5.41) is 18.0. The summed E-state index contributed by atoms with van der Waals surface area (Å²) in [6, 6.07) is 0. The SMILES string of the molecule is C=CC(=O)OCCCOCC(COCCCOC(=O)CCN(CCO)CCO)OCCCOC(=O)C=C. The number of hydrogen-bond acceptors (Lipinski definition) is 12. The molecule has 0 bridgehead atoms. The first-order valence-electron chi connectivity index (χ1n) is 12.4. The number of aliphatic hydroxyl groups is 2. The quantitative estimate of drug-likeness (QED) is 0.0679. The van der Waals surface area contributed by atoms with Crippen molar-refractivity contribution in [3.63, 3.8) is 0 Å². The van der Waals surface area contributed by atoms with E-state index in [0.29, 0.717) is 58.7 Å². The second-order valence-corrected chi connectivity index (χ2v) is 7.71. The average molecular weight is 534 g/mol. The molecule has 0 spiro atoms. The monoisotopic (exact) mass is 533 g/mol. The number of nitrogens with zero attached hydrogens (tertiary/aromatic N) is 1. The van der Waals surface area contributed by atoms with Crippen LogP contribution in [0, 0.1) is 0 Å². The Bertz CT molecular complexity index is 624. The van der Waals surface area contributed by atoms with Crippen LogP contribution >= 0.6 is 0 Å². The van der Waals surface area contributed by atoms with Gasteiger partial charge < -0.3 is 38.6 Å². The molecule has 1 atom stereocenters. The molecule has 12 heteroatoms. The summed E-state index contributed by atoms with van der Waals surface area (Å²) in [6.45, 7) is 9.94. The van der Waals surface area contributed by atoms with E-state index in [4.69, 9.17) is 38.6 Å². The lowest BCUT2D eigenvalue weighted by Gasteiger charge is -2.19. The topological polar surface area (TPSA) is 150 Å². The summed E-state index contributed by atoms with van der Waals surface area (Å²) in [5.41, 5.74) is 0. The number of carbonyl (C=O) groups is 3. The highest BCUT2D eigenvalue weighted by atomic mass is 16.6. The van der Waals surface area contributed by atoms with Gasteiger partial charge in [0.1, 0.15) is 6.10 Å². The van der Waals surface area contributed by atoms with Crippen molar-refractivity contribution in [2.45, 2.75) is 31.8 Å². The number of aliphatic hydroxyl groups excluding tert-OH is 2. The molecular weight excluding hydrogens is 490 g/mol. The fourth-order valence-electron chi connectivity index (χ4n) is 2.79. The summed E-state index contributed by atoms with van der Waals surface area (Å²) in [6.07, 6.45) is 3.52. The molecule has 12 nitrogen and oxygen atoms in total. The summed E-state index contributed by atoms with van der Waals surface area (Å²) < 4.78 is 32.0. The summed E-state index contributed by atoms with van der Waals surface area (Å²) in [4.78, 5) is 35.7. The van der Waals surface area contributed by atoms with Gasteiger partial charge in [0.05, 0.1) is 59.3 Å². The van der Waals surface area contributed by atoms with E-state index in [1.54, 1.807) is 4.90 Å². The van der Waals surface area contributed by atoms with E-state index in [1.807, 2.05) is 0 Å². The Balaban J connectivity index is 4.14. The van der Waals surface area contributed by atoms with Crippen LogP contribution in [0.4, 0.5) is 0 Å². The van der Waals surface area contributed by atoms with Gasteiger partial charge in [-0.1, -0.05) is 13.2 Å². The molecule has 0 saturated carbocycles. The molecule has 37 heavy (non-hydrogen) atoms. The van der Waals surface area contributed by atoms with Gasteiger partial charge in [-0.3, -0.25) is 9.69 Å². The van der Waals surface area contributed by atoms with Crippen molar-refractivity contribution < 1.29 is 53.0 Å². The highest BCUT2D eigenvalue weighted by molar-refractivity contribution is 5.81. The van der Waals surface area contributed by atoms with E-state index in [9.17, 15) is 14.4 Å². The number of carbonyl (C=O) groups excluding carboxylic acids is 3. The lowest BCUT2D eigenvalue weighted by atomic mass is 10.3. The maximum Gasteiger partial charge on any atom is 0.330 e. The zero-order valence-electron chi connectivity index (χ0n) is 21.7. The highest BCUT2D eigenvalue weighted by Gasteiger charge is 2.12. The first-order chi connectivity index (χ1) is 18.0. The van der Waals surface area contributed by atoms with E-state index in [2.05, 4.69) is 13.2 Å². The Hall–Kier alpha value is -2.35. The molecule has 0 amide bonds. The van der Waals surface area contributed by atoms with Crippen molar-refractivity contribution in [3.05, 3.63) is 25.3 Å². The highest BCUT2D eigenvalue weighted by Crippen LogP contribution is 2.01. The van der Waals surface area contributed by atoms with Crippen LogP contribution in [0.1, 0.15) is 25.7 Å². The molecule has 0 aliphatic carbocycles. The van der Waals surface area contributed by atoms with Gasteiger partial charge in [-0.25, -0.2) is 9.59 Å². The zero-order chi connectivity index (χ0) is 27.6. The van der Waals surface area contributed by atoms with Crippen molar-refractivity contribution in [2.24, 2.45) is 0 Å². The molecule has 0 aliphatic rings. The summed E-state index contributed by atoms with van der Waals surface area (Å²) >= 11 is 0. The van der Waals surface area contributed by atoms with Gasteiger partial charge in [-0.2, -0.15) is 0 Å². The van der Waals surface area contributed by atoms with Gasteiger partial charge in [0.15, 0.2) is 0 Å². The molecule has 2 N–H and O–H groups in total. The largest absolute Gasteiger partial charge is 0.466 e. The van der Waals surface area contributed by atoms with Crippen molar-refractivity contribution in [1.29, 1.82) is 0 Å². The molecular formula is C25H43NO11. The van der Waals surface area contributed by atoms with Gasteiger partial charge in [-0.05, 0) is 0 Å². The lowest BCUT2D eigenvalue weighted by Crippen LogP contribution is -2.32. The maximum atomic E-state index is 11.9. The Morgan fingerprint density at radius 2 is 1.19 bits per heavy atom. The third-order valence-corrected chi connectivity index (χ3v) is 4.67. The molecule has 0 aromatic heterocycles. The van der Waals surface area contributed by atoms with Crippen LogP contribution in [0.15, 0.2) is 25.3 Å². The van der Waals surface area contributed by atoms with Gasteiger partial charge in [0.25, 0.3) is 0 Å². The van der Waals surface area contributed by atoms with Gasteiger partial charge in [-0.15, -0.1) is 0 Å². The number of hydrogen-bond donors (Lipinski definition) is 2. The minimum absolute atomic E-state index is 0.0456. The van der Waals surface area contributed by atoms with Crippen LogP contribution in [-0.2, 0) is 42.8 Å². The van der Waals surface area contributed by atoms with Gasteiger partial charge in [0.2, 0.25) is 0 Å². The fourth-order valence-corrected chi connectivity index (χ4v) is 2.79. The minimum atomic E-state index is -0.492. The predicted octanol–water partition coefficient (Wildman–Crippen LogP) is 0.253. The van der Waals surface area contributed by atoms with Crippen LogP contribution in [0.5, 0.6) is 0 Å². The van der Waals surface area contributed by atoms with Gasteiger partial charge in [0, 0.05) is 64.3 Å². The van der Waals surface area contributed by atoms with E-state index < -0.39 is 11.9 Å². The summed E-state index contributed by atoms with van der Waals surface area (Å²) in [7, 11) is 0. The molecule has 214 valence electrons. The third-order valence-electron chi connectivity index (χ3n) is 4.67. The Morgan fingerprint density at radius 3 is 1.68 bits per heavy atom. The van der Waals surface area contributed by atoms with E-state index in [1.165, 1.54) is 0 Å². The van der Waals surface area contributed by atoms with Crippen LogP contribution < -0.4 is 0 Å². The first-order valence-corrected chi connectivity index (χ1v) is 12.4. The van der Waals surface area contributed by atoms with Crippen LogP contribution in [-0.4, -0.2) is 125 Å². The average Bonchev–Trinajstić information content (AvgIpc) is 2.90. The number of rotatable bonds is 26. The van der Waals surface area contributed by atoms with Crippen molar-refractivity contribution >= 4 is 17.9 Å². The standard InChI is InChI=1S/C25H43NO11/c1-3-23(29)35-17-5-14-32-20-22(34-16-7-19-36-24(30)4-2)21-33-15-6-18-37-25(31)8-9-26(10-12-27)11-13-28/h3-4,22,27-28H,1-2,5-21H2. The molecule has 0 aromatic rings. The van der Waals surface area contributed by atoms with Crippen LogP contribution in [0.25, 0.3) is 0 Å². The Labute approximate surface area is 219 Å². The van der Waals surface area contributed by atoms with E-state index in [-0.39, 0.29) is 64.7 Å².